The third-order valence-corrected chi connectivity index (χ3v) is 13.3. The number of likely N-dealkylation sites (N-methyl/N-ethyl adjacent to an activating group) is 1. The van der Waals surface area contributed by atoms with Crippen molar-refractivity contribution < 1.29 is 14.3 Å². The van der Waals surface area contributed by atoms with Crippen LogP contribution < -0.4 is 20.4 Å². The first-order valence-corrected chi connectivity index (χ1v) is 21.2. The highest BCUT2D eigenvalue weighted by Crippen LogP contribution is 2.40. The molecule has 1 aromatic heterocycles. The van der Waals surface area contributed by atoms with Crippen LogP contribution in [0.25, 0.3) is 5.70 Å². The van der Waals surface area contributed by atoms with Crippen LogP contribution in [-0.4, -0.2) is 79.0 Å². The van der Waals surface area contributed by atoms with Gasteiger partial charge in [-0.3, -0.25) is 4.79 Å². The molecule has 1 saturated carbocycles. The number of aldehydes is 1. The largest absolute Gasteiger partial charge is 0.382 e. The molecule has 10 heteroatoms. The molecule has 2 saturated heterocycles. The molecule has 59 heavy (non-hydrogen) atoms. The van der Waals surface area contributed by atoms with Gasteiger partial charge in [0.2, 0.25) is 11.9 Å². The van der Waals surface area contributed by atoms with E-state index in [4.69, 9.17) is 14.7 Å². The Morgan fingerprint density at radius 3 is 2.39 bits per heavy atom. The van der Waals surface area contributed by atoms with Gasteiger partial charge in [-0.1, -0.05) is 69.5 Å². The Bertz CT molecular complexity index is 2180. The first kappa shape index (κ1) is 40.3. The fraction of sp³-hybridized carbons (Fsp3) is 0.429. The molecule has 8 rings (SSSR count). The van der Waals surface area contributed by atoms with Crippen LogP contribution in [0.2, 0.25) is 0 Å². The van der Waals surface area contributed by atoms with Crippen LogP contribution in [-0.2, 0) is 39.1 Å². The summed E-state index contributed by atoms with van der Waals surface area (Å²) in [6.07, 6.45) is 9.48. The van der Waals surface area contributed by atoms with Crippen molar-refractivity contribution >= 4 is 35.2 Å². The summed E-state index contributed by atoms with van der Waals surface area (Å²) in [5.74, 6) is 1.34. The molecule has 3 aliphatic heterocycles. The zero-order valence-corrected chi connectivity index (χ0v) is 35.2. The molecule has 4 heterocycles. The van der Waals surface area contributed by atoms with Gasteiger partial charge in [0, 0.05) is 73.4 Å². The van der Waals surface area contributed by atoms with E-state index in [9.17, 15) is 9.59 Å². The number of carbonyl (C=O) groups excluding carboxylic acids is 2. The average molecular weight is 794 g/mol. The third kappa shape index (κ3) is 8.24. The maximum Gasteiger partial charge on any atom is 0.242 e. The van der Waals surface area contributed by atoms with E-state index in [0.29, 0.717) is 29.5 Å². The maximum atomic E-state index is 12.6. The Balaban J connectivity index is 0.820. The summed E-state index contributed by atoms with van der Waals surface area (Å²) in [6, 6.07) is 24.6. The Labute approximate surface area is 349 Å². The molecule has 1 spiro atoms. The molecule has 4 aromatic rings. The van der Waals surface area contributed by atoms with Crippen LogP contribution in [0.15, 0.2) is 92.3 Å². The van der Waals surface area contributed by atoms with Crippen LogP contribution >= 0.6 is 0 Å². The number of nitrogens with one attached hydrogen (secondary N) is 2. The van der Waals surface area contributed by atoms with Crippen molar-refractivity contribution in [1.82, 2.24) is 20.2 Å². The lowest BCUT2D eigenvalue weighted by Crippen LogP contribution is -2.66. The molecular formula is C49H59N7O3. The Morgan fingerprint density at radius 2 is 1.76 bits per heavy atom. The van der Waals surface area contributed by atoms with Gasteiger partial charge >= 0.3 is 0 Å². The first-order chi connectivity index (χ1) is 28.5. The number of aryl methyl sites for hydroxylation is 1. The van der Waals surface area contributed by atoms with Gasteiger partial charge < -0.3 is 34.9 Å². The van der Waals surface area contributed by atoms with Crippen LogP contribution in [0.4, 0.5) is 17.3 Å². The van der Waals surface area contributed by atoms with Crippen molar-refractivity contribution in [3.05, 3.63) is 131 Å². The quantitative estimate of drug-likeness (QED) is 0.112. The number of rotatable bonds is 16. The van der Waals surface area contributed by atoms with Crippen LogP contribution in [0.1, 0.15) is 78.6 Å². The van der Waals surface area contributed by atoms with Crippen molar-refractivity contribution in [1.29, 1.82) is 0 Å². The van der Waals surface area contributed by atoms with Gasteiger partial charge in [0.15, 0.2) is 0 Å². The van der Waals surface area contributed by atoms with Crippen molar-refractivity contribution in [3.8, 4) is 0 Å². The number of aromatic nitrogens is 2. The van der Waals surface area contributed by atoms with Gasteiger partial charge in [-0.15, -0.1) is 0 Å². The zero-order chi connectivity index (χ0) is 41.3. The minimum absolute atomic E-state index is 0.120. The number of hydrogen-bond acceptors (Lipinski definition) is 9. The predicted octanol–water partition coefficient (Wildman–Crippen LogP) is 7.45. The summed E-state index contributed by atoms with van der Waals surface area (Å²) in [7, 11) is 1.60. The van der Waals surface area contributed by atoms with Gasteiger partial charge in [-0.25, -0.2) is 9.97 Å². The first-order valence-electron chi connectivity index (χ1n) is 21.2. The second kappa shape index (κ2) is 16.6. The molecule has 1 unspecified atom stereocenters. The number of benzene rings is 3. The van der Waals surface area contributed by atoms with Gasteiger partial charge in [-0.05, 0) is 103 Å². The molecular weight excluding hydrogens is 735 g/mol. The summed E-state index contributed by atoms with van der Waals surface area (Å²) >= 11 is 0. The highest BCUT2D eigenvalue weighted by atomic mass is 16.5. The number of fused-ring (bicyclic) bond motifs is 1. The van der Waals surface area contributed by atoms with E-state index < -0.39 is 6.04 Å². The number of ether oxygens (including phenoxy) is 1. The monoisotopic (exact) mass is 793 g/mol. The summed E-state index contributed by atoms with van der Waals surface area (Å²) in [6.45, 7) is 20.4. The summed E-state index contributed by atoms with van der Waals surface area (Å²) in [5, 5.41) is 6.44. The number of nitrogens with zero attached hydrogens (tertiary/aromatic N) is 5. The van der Waals surface area contributed by atoms with E-state index >= 15 is 0 Å². The number of hydrogen-bond donors (Lipinski definition) is 2. The van der Waals surface area contributed by atoms with Crippen LogP contribution in [0.3, 0.4) is 0 Å². The second-order valence-corrected chi connectivity index (χ2v) is 17.9. The molecule has 4 aliphatic rings. The minimum Gasteiger partial charge on any atom is -0.382 e. The van der Waals surface area contributed by atoms with E-state index in [1.165, 1.54) is 27.9 Å². The molecule has 3 aromatic carbocycles. The molecule has 3 fully saturated rings. The standard InChI is InChI=1S/C49H59N7O3/c1-7-56(45(9-8-22-57)46(58)50-6)34(3)43-19-16-40(23-33(43)2)52-41-25-36(26-41)24-35-10-12-38(13-11-35)48(4,5)39-14-17-42(18-15-39)54-21-20-37-27-51-47(53-44(37)28-54)55-29-49(30-55)31-59-32-49/h7,10-19,22-23,27,36,41,45,52H,1,3,8-9,20-21,24-26,28-32H2,2,4-6H3,(H,50,58)/t36-,41+,45?. The van der Waals surface area contributed by atoms with Crippen molar-refractivity contribution in [2.45, 2.75) is 83.3 Å². The van der Waals surface area contributed by atoms with Crippen molar-refractivity contribution in [2.24, 2.45) is 11.3 Å². The van der Waals surface area contributed by atoms with Crippen molar-refractivity contribution in [3.63, 3.8) is 0 Å². The van der Waals surface area contributed by atoms with Gasteiger partial charge in [0.25, 0.3) is 0 Å². The van der Waals surface area contributed by atoms with Gasteiger partial charge in [-0.2, -0.15) is 0 Å². The minimum atomic E-state index is -0.554. The normalized spacial score (nSPS) is 19.7. The zero-order valence-electron chi connectivity index (χ0n) is 35.2. The van der Waals surface area contributed by atoms with Crippen LogP contribution in [0.5, 0.6) is 0 Å². The van der Waals surface area contributed by atoms with E-state index in [2.05, 4.69) is 121 Å². The molecule has 1 amide bonds. The summed E-state index contributed by atoms with van der Waals surface area (Å²) in [4.78, 5) is 40.0. The van der Waals surface area contributed by atoms with Gasteiger partial charge in [0.05, 0.1) is 30.9 Å². The number of amides is 1. The topological polar surface area (TPSA) is 103 Å². The SMILES string of the molecule is C=CN(C(=C)c1ccc(N[C@H]2C[C@@H](Cc3ccc(C(C)(C)c4ccc(N5CCc6cnc(N7CC8(COC8)C7)nc6C5)cc4)cc3)C2)cc1C)C(CCC=O)C(=O)NC. The Morgan fingerprint density at radius 1 is 1.05 bits per heavy atom. The molecule has 1 aliphatic carbocycles. The summed E-state index contributed by atoms with van der Waals surface area (Å²) in [5.41, 5.74) is 11.7. The smallest absolute Gasteiger partial charge is 0.242 e. The molecule has 2 N–H and O–H groups in total. The lowest BCUT2D eigenvalue weighted by Gasteiger charge is -2.55. The molecule has 0 bridgehead atoms. The number of carbonyl (C=O) groups is 2. The molecule has 1 atom stereocenters. The van der Waals surface area contributed by atoms with Gasteiger partial charge in [0.1, 0.15) is 12.3 Å². The lowest BCUT2D eigenvalue weighted by molar-refractivity contribution is -0.127. The number of anilines is 3. The second-order valence-electron chi connectivity index (χ2n) is 17.9. The highest BCUT2D eigenvalue weighted by molar-refractivity contribution is 5.84. The molecule has 10 nitrogen and oxygen atoms in total. The fourth-order valence-electron chi connectivity index (χ4n) is 9.48. The third-order valence-electron chi connectivity index (χ3n) is 13.3. The lowest BCUT2D eigenvalue weighted by atomic mass is 9.75. The van der Waals surface area contributed by atoms with E-state index in [1.807, 2.05) is 6.20 Å². The highest BCUT2D eigenvalue weighted by Gasteiger charge is 2.50. The van der Waals surface area contributed by atoms with Crippen molar-refractivity contribution in [2.75, 3.05) is 55.0 Å². The van der Waals surface area contributed by atoms with Crippen LogP contribution in [0, 0.1) is 18.3 Å². The molecule has 0 radical (unpaired) electrons. The Kier molecular flexibility index (Phi) is 11.4. The maximum absolute atomic E-state index is 12.6. The summed E-state index contributed by atoms with van der Waals surface area (Å²) < 4.78 is 5.45. The molecule has 308 valence electrons. The predicted molar refractivity (Wildman–Crippen MR) is 237 cm³/mol. The van der Waals surface area contributed by atoms with E-state index in [1.54, 1.807) is 18.1 Å². The van der Waals surface area contributed by atoms with E-state index in [0.717, 1.165) is 99.8 Å². The Hall–Kier alpha value is -5.48. The fourth-order valence-corrected chi connectivity index (χ4v) is 9.48. The average Bonchev–Trinajstić information content (AvgIpc) is 3.20. The van der Waals surface area contributed by atoms with E-state index in [-0.39, 0.29) is 17.7 Å².